The van der Waals surface area contributed by atoms with Crippen LogP contribution in [0.4, 0.5) is 5.69 Å². The number of carbonyl (C=O) groups is 1. The first kappa shape index (κ1) is 22.5. The Morgan fingerprint density at radius 2 is 1.84 bits per heavy atom. The number of amides is 1. The van der Waals surface area contributed by atoms with Crippen LogP contribution in [-0.2, 0) is 13.0 Å². The van der Waals surface area contributed by atoms with Gasteiger partial charge in [0.2, 0.25) is 0 Å². The molecule has 1 aliphatic heterocycles. The fourth-order valence-electron chi connectivity index (χ4n) is 3.58. The van der Waals surface area contributed by atoms with Gasteiger partial charge in [-0.05, 0) is 72.4 Å². The van der Waals surface area contributed by atoms with E-state index in [4.69, 9.17) is 5.11 Å². The lowest BCUT2D eigenvalue weighted by molar-refractivity contribution is 0.0951. The Morgan fingerprint density at radius 3 is 2.48 bits per heavy atom. The number of fused-ring (bicyclic) bond motifs is 1. The standard InChI is InChI=1S/C23H23N3O.C3H8O/c1-2-26-13-11-21-14-20(9-10-22(21)26)18-5-7-19(8-6-18)23(27)25-16-17-4-3-12-24-15-17;1-2-3-4/h3-10,12,14-15H,2,11,13,16H2,1H3,(H,25,27);4H,2-3H2,1H3. The number of anilines is 1. The fraction of sp³-hybridized carbons (Fsp3) is 0.308. The fourth-order valence-corrected chi connectivity index (χ4v) is 3.58. The van der Waals surface area contributed by atoms with Crippen molar-refractivity contribution < 1.29 is 9.90 Å². The highest BCUT2D eigenvalue weighted by atomic mass is 16.2. The predicted molar refractivity (Wildman–Crippen MR) is 126 cm³/mol. The highest BCUT2D eigenvalue weighted by Gasteiger charge is 2.17. The second-order valence-corrected chi connectivity index (χ2v) is 7.52. The predicted octanol–water partition coefficient (Wildman–Crippen LogP) is 4.45. The van der Waals surface area contributed by atoms with Crippen LogP contribution < -0.4 is 10.2 Å². The third-order valence-corrected chi connectivity index (χ3v) is 5.33. The smallest absolute Gasteiger partial charge is 0.251 e. The lowest BCUT2D eigenvalue weighted by atomic mass is 10.0. The highest BCUT2D eigenvalue weighted by molar-refractivity contribution is 5.94. The monoisotopic (exact) mass is 417 g/mol. The molecule has 0 aliphatic carbocycles. The van der Waals surface area contributed by atoms with E-state index in [-0.39, 0.29) is 5.91 Å². The van der Waals surface area contributed by atoms with Crippen molar-refractivity contribution in [2.45, 2.75) is 33.2 Å². The Morgan fingerprint density at radius 1 is 1.10 bits per heavy atom. The molecule has 0 unspecified atom stereocenters. The van der Waals surface area contributed by atoms with Crippen LogP contribution >= 0.6 is 0 Å². The molecular formula is C26H31N3O2. The number of aromatic nitrogens is 1. The summed E-state index contributed by atoms with van der Waals surface area (Å²) in [5.74, 6) is -0.0713. The summed E-state index contributed by atoms with van der Waals surface area (Å²) in [4.78, 5) is 18.8. The van der Waals surface area contributed by atoms with Gasteiger partial charge in [-0.3, -0.25) is 9.78 Å². The van der Waals surface area contributed by atoms with Gasteiger partial charge in [0.15, 0.2) is 0 Å². The molecule has 5 heteroatoms. The topological polar surface area (TPSA) is 65.5 Å². The number of nitrogens with one attached hydrogen (secondary N) is 1. The Labute approximate surface area is 184 Å². The van der Waals surface area contributed by atoms with Gasteiger partial charge in [0.25, 0.3) is 5.91 Å². The van der Waals surface area contributed by atoms with Crippen molar-refractivity contribution in [2.24, 2.45) is 0 Å². The van der Waals surface area contributed by atoms with E-state index >= 15 is 0 Å². The molecule has 162 valence electrons. The van der Waals surface area contributed by atoms with Gasteiger partial charge in [-0.2, -0.15) is 0 Å². The van der Waals surface area contributed by atoms with Gasteiger partial charge in [-0.25, -0.2) is 0 Å². The maximum Gasteiger partial charge on any atom is 0.251 e. The van der Waals surface area contributed by atoms with Crippen molar-refractivity contribution in [3.05, 3.63) is 83.7 Å². The maximum absolute atomic E-state index is 12.4. The molecular weight excluding hydrogens is 386 g/mol. The van der Waals surface area contributed by atoms with E-state index in [9.17, 15) is 4.79 Å². The molecule has 3 aromatic rings. The zero-order chi connectivity index (χ0) is 22.1. The molecule has 0 atom stereocenters. The zero-order valence-corrected chi connectivity index (χ0v) is 18.3. The lowest BCUT2D eigenvalue weighted by Gasteiger charge is -2.16. The summed E-state index contributed by atoms with van der Waals surface area (Å²) in [5, 5.41) is 10.8. The van der Waals surface area contributed by atoms with E-state index in [2.05, 4.69) is 40.3 Å². The first-order chi connectivity index (χ1) is 15.2. The Hall–Kier alpha value is -3.18. The molecule has 2 N–H and O–H groups in total. The number of carbonyl (C=O) groups excluding carboxylic acids is 1. The molecule has 0 spiro atoms. The number of pyridine rings is 1. The van der Waals surface area contributed by atoms with Crippen LogP contribution in [0, 0.1) is 0 Å². The second kappa shape index (κ2) is 11.3. The van der Waals surface area contributed by atoms with Crippen LogP contribution in [0.15, 0.2) is 67.0 Å². The minimum absolute atomic E-state index is 0.0713. The van der Waals surface area contributed by atoms with E-state index < -0.39 is 0 Å². The summed E-state index contributed by atoms with van der Waals surface area (Å²) in [6.45, 7) is 7.08. The summed E-state index contributed by atoms with van der Waals surface area (Å²) in [6, 6.07) is 18.3. The molecule has 0 radical (unpaired) electrons. The van der Waals surface area contributed by atoms with Gasteiger partial charge in [-0.15, -0.1) is 0 Å². The van der Waals surface area contributed by atoms with E-state index in [1.54, 1.807) is 12.4 Å². The minimum Gasteiger partial charge on any atom is -0.396 e. The number of benzene rings is 2. The Balaban J connectivity index is 0.000000628. The van der Waals surface area contributed by atoms with Crippen LogP contribution in [0.1, 0.15) is 41.8 Å². The molecule has 2 aromatic carbocycles. The molecule has 1 aromatic heterocycles. The quantitative estimate of drug-likeness (QED) is 0.622. The van der Waals surface area contributed by atoms with E-state index in [0.717, 1.165) is 37.1 Å². The molecule has 5 nitrogen and oxygen atoms in total. The van der Waals surface area contributed by atoms with Gasteiger partial charge in [-0.1, -0.05) is 31.2 Å². The number of aliphatic hydroxyl groups is 1. The maximum atomic E-state index is 12.4. The Kier molecular flexibility index (Phi) is 8.19. The summed E-state index contributed by atoms with van der Waals surface area (Å²) < 4.78 is 0. The van der Waals surface area contributed by atoms with Gasteiger partial charge < -0.3 is 15.3 Å². The number of likely N-dealkylation sites (N-methyl/N-ethyl adjacent to an activating group) is 1. The van der Waals surface area contributed by atoms with Crippen molar-refractivity contribution in [2.75, 3.05) is 24.6 Å². The van der Waals surface area contributed by atoms with Crippen molar-refractivity contribution in [3.8, 4) is 11.1 Å². The number of nitrogens with zero attached hydrogens (tertiary/aromatic N) is 2. The largest absolute Gasteiger partial charge is 0.396 e. The third-order valence-electron chi connectivity index (χ3n) is 5.33. The van der Waals surface area contributed by atoms with Gasteiger partial charge >= 0.3 is 0 Å². The van der Waals surface area contributed by atoms with Crippen molar-refractivity contribution in [1.82, 2.24) is 10.3 Å². The summed E-state index contributed by atoms with van der Waals surface area (Å²) in [7, 11) is 0. The zero-order valence-electron chi connectivity index (χ0n) is 18.3. The molecule has 0 saturated carbocycles. The van der Waals surface area contributed by atoms with Crippen LogP contribution in [0.2, 0.25) is 0 Å². The number of hydrogen-bond donors (Lipinski definition) is 2. The molecule has 2 heterocycles. The van der Waals surface area contributed by atoms with Crippen molar-refractivity contribution in [1.29, 1.82) is 0 Å². The van der Waals surface area contributed by atoms with Gasteiger partial charge in [0.05, 0.1) is 0 Å². The van der Waals surface area contributed by atoms with Gasteiger partial charge in [0, 0.05) is 49.9 Å². The van der Waals surface area contributed by atoms with Gasteiger partial charge in [0.1, 0.15) is 0 Å². The molecule has 1 amide bonds. The van der Waals surface area contributed by atoms with E-state index in [1.807, 2.05) is 43.3 Å². The minimum atomic E-state index is -0.0713. The molecule has 1 aliphatic rings. The highest BCUT2D eigenvalue weighted by Crippen LogP contribution is 2.32. The molecule has 0 bridgehead atoms. The average Bonchev–Trinajstić information content (AvgIpc) is 3.26. The van der Waals surface area contributed by atoms with E-state index in [0.29, 0.717) is 18.7 Å². The molecule has 0 fully saturated rings. The van der Waals surface area contributed by atoms with Crippen LogP contribution in [0.3, 0.4) is 0 Å². The normalized spacial score (nSPS) is 12.0. The van der Waals surface area contributed by atoms with Crippen molar-refractivity contribution in [3.63, 3.8) is 0 Å². The number of rotatable bonds is 6. The van der Waals surface area contributed by atoms with Crippen LogP contribution in [0.5, 0.6) is 0 Å². The summed E-state index contributed by atoms with van der Waals surface area (Å²) in [5.41, 5.74) is 6.76. The Bertz CT molecular complexity index is 970. The lowest BCUT2D eigenvalue weighted by Crippen LogP contribution is -2.22. The molecule has 31 heavy (non-hydrogen) atoms. The average molecular weight is 418 g/mol. The summed E-state index contributed by atoms with van der Waals surface area (Å²) in [6.07, 6.45) is 5.46. The number of aliphatic hydroxyl groups excluding tert-OH is 1. The summed E-state index contributed by atoms with van der Waals surface area (Å²) >= 11 is 0. The first-order valence-corrected chi connectivity index (χ1v) is 10.9. The van der Waals surface area contributed by atoms with Crippen LogP contribution in [-0.4, -0.2) is 35.7 Å². The SMILES string of the molecule is CCCO.CCN1CCc2cc(-c3ccc(C(=O)NCc4cccnc4)cc3)ccc21. The van der Waals surface area contributed by atoms with Crippen LogP contribution in [0.25, 0.3) is 11.1 Å². The number of hydrogen-bond acceptors (Lipinski definition) is 4. The van der Waals surface area contributed by atoms with Crippen molar-refractivity contribution >= 4 is 11.6 Å². The molecule has 0 saturated heterocycles. The second-order valence-electron chi connectivity index (χ2n) is 7.52. The first-order valence-electron chi connectivity index (χ1n) is 10.9. The molecule has 4 rings (SSSR count). The third kappa shape index (κ3) is 5.92. The van der Waals surface area contributed by atoms with E-state index in [1.165, 1.54) is 16.8 Å².